The first kappa shape index (κ1) is 22.9. The number of aliphatic hydroxyl groups is 1. The second kappa shape index (κ2) is 8.28. The van der Waals surface area contributed by atoms with E-state index in [9.17, 15) is 13.5 Å². The minimum atomic E-state index is -3.32. The van der Waals surface area contributed by atoms with Crippen LogP contribution in [0.25, 0.3) is 26.7 Å². The van der Waals surface area contributed by atoms with Crippen molar-refractivity contribution in [2.75, 3.05) is 6.26 Å². The van der Waals surface area contributed by atoms with Gasteiger partial charge in [-0.3, -0.25) is 4.98 Å². The van der Waals surface area contributed by atoms with Crippen LogP contribution in [-0.4, -0.2) is 34.5 Å². The Morgan fingerprint density at radius 1 is 1.09 bits per heavy atom. The molecule has 0 fully saturated rings. The molecule has 3 aromatic heterocycles. The standard InChI is InChI=1S/C22H19Cl2N3O3S2/c1-22(2,28)21-19(24)20(27(26-21)16-9-10-25-12-15(16)23)18-8-7-17(31-18)13-5-4-6-14(11-13)32(3,29)30/h4-12,28H,1-3H3. The number of hydrogen-bond donors (Lipinski definition) is 1. The van der Waals surface area contributed by atoms with Gasteiger partial charge in [0, 0.05) is 23.5 Å². The molecule has 0 atom stereocenters. The summed E-state index contributed by atoms with van der Waals surface area (Å²) >= 11 is 14.5. The summed E-state index contributed by atoms with van der Waals surface area (Å²) in [6, 6.07) is 12.3. The number of nitrogens with zero attached hydrogens (tertiary/aromatic N) is 3. The lowest BCUT2D eigenvalue weighted by Crippen LogP contribution is -2.17. The van der Waals surface area contributed by atoms with Crippen LogP contribution >= 0.6 is 34.5 Å². The minimum absolute atomic E-state index is 0.251. The number of benzene rings is 1. The summed E-state index contributed by atoms with van der Waals surface area (Å²) in [5, 5.41) is 15.9. The summed E-state index contributed by atoms with van der Waals surface area (Å²) < 4.78 is 25.5. The predicted octanol–water partition coefficient (Wildman–Crippen LogP) is 5.60. The molecule has 0 amide bonds. The average Bonchev–Trinajstić information content (AvgIpc) is 3.32. The molecule has 1 N–H and O–H groups in total. The van der Waals surface area contributed by atoms with Gasteiger partial charge in [-0.1, -0.05) is 35.3 Å². The number of pyridine rings is 1. The fraction of sp³-hybridized carbons (Fsp3) is 0.182. The molecule has 4 aromatic rings. The topological polar surface area (TPSA) is 85.1 Å². The Kier molecular flexibility index (Phi) is 5.94. The van der Waals surface area contributed by atoms with Gasteiger partial charge >= 0.3 is 0 Å². The van der Waals surface area contributed by atoms with E-state index in [4.69, 9.17) is 23.2 Å². The number of thiophene rings is 1. The molecule has 0 spiro atoms. The highest BCUT2D eigenvalue weighted by atomic mass is 35.5. The average molecular weight is 508 g/mol. The van der Waals surface area contributed by atoms with Crippen molar-refractivity contribution < 1.29 is 13.5 Å². The van der Waals surface area contributed by atoms with E-state index in [1.165, 1.54) is 23.8 Å². The fourth-order valence-corrected chi connectivity index (χ4v) is 5.63. The second-order valence-corrected chi connectivity index (χ2v) is 11.7. The number of halogens is 2. The van der Waals surface area contributed by atoms with Gasteiger partial charge in [0.05, 0.1) is 25.5 Å². The summed E-state index contributed by atoms with van der Waals surface area (Å²) in [5.74, 6) is 0. The first-order chi connectivity index (χ1) is 15.0. The molecule has 0 bridgehead atoms. The van der Waals surface area contributed by atoms with Gasteiger partial charge < -0.3 is 5.11 Å². The highest BCUT2D eigenvalue weighted by Crippen LogP contribution is 2.43. The third kappa shape index (κ3) is 4.33. The van der Waals surface area contributed by atoms with Crippen LogP contribution in [0.4, 0.5) is 0 Å². The molecule has 0 unspecified atom stereocenters. The van der Waals surface area contributed by atoms with Crippen molar-refractivity contribution in [2.24, 2.45) is 0 Å². The molecule has 0 saturated carbocycles. The monoisotopic (exact) mass is 507 g/mol. The molecule has 166 valence electrons. The normalized spacial score (nSPS) is 12.3. The van der Waals surface area contributed by atoms with Crippen LogP contribution in [0.15, 0.2) is 59.8 Å². The van der Waals surface area contributed by atoms with Gasteiger partial charge in [-0.2, -0.15) is 5.10 Å². The quantitative estimate of drug-likeness (QED) is 0.379. The summed E-state index contributed by atoms with van der Waals surface area (Å²) in [6.45, 7) is 3.22. The van der Waals surface area contributed by atoms with Crippen LogP contribution in [-0.2, 0) is 15.4 Å². The van der Waals surface area contributed by atoms with Gasteiger partial charge in [0.1, 0.15) is 17.0 Å². The molecule has 0 radical (unpaired) electrons. The summed E-state index contributed by atoms with van der Waals surface area (Å²) in [7, 11) is -3.32. The zero-order chi connectivity index (χ0) is 23.3. The first-order valence-electron chi connectivity index (χ1n) is 9.49. The Bertz CT molecular complexity index is 1420. The molecular formula is C22H19Cl2N3O3S2. The number of sulfone groups is 1. The summed E-state index contributed by atoms with van der Waals surface area (Å²) in [6.07, 6.45) is 4.29. The van der Waals surface area contributed by atoms with Crippen molar-refractivity contribution in [1.82, 2.24) is 14.8 Å². The lowest BCUT2D eigenvalue weighted by Gasteiger charge is -2.14. The molecule has 0 aliphatic heterocycles. The Labute approximate surface area is 200 Å². The van der Waals surface area contributed by atoms with E-state index in [1.54, 1.807) is 49.0 Å². The third-order valence-electron chi connectivity index (χ3n) is 4.77. The van der Waals surface area contributed by atoms with E-state index in [1.807, 2.05) is 18.2 Å². The molecule has 1 aromatic carbocycles. The van der Waals surface area contributed by atoms with Crippen molar-refractivity contribution in [3.05, 3.63) is 70.6 Å². The smallest absolute Gasteiger partial charge is 0.175 e. The largest absolute Gasteiger partial charge is 0.384 e. The van der Waals surface area contributed by atoms with Crippen LogP contribution in [0.2, 0.25) is 10.0 Å². The van der Waals surface area contributed by atoms with Crippen LogP contribution in [0, 0.1) is 0 Å². The maximum atomic E-state index is 12.0. The lowest BCUT2D eigenvalue weighted by molar-refractivity contribution is 0.0735. The number of rotatable bonds is 5. The zero-order valence-corrected chi connectivity index (χ0v) is 20.5. The second-order valence-electron chi connectivity index (χ2n) is 7.77. The van der Waals surface area contributed by atoms with Gasteiger partial charge in [0.15, 0.2) is 9.84 Å². The summed E-state index contributed by atoms with van der Waals surface area (Å²) in [4.78, 5) is 5.92. The van der Waals surface area contributed by atoms with E-state index in [0.29, 0.717) is 27.1 Å². The van der Waals surface area contributed by atoms with Gasteiger partial charge in [-0.25, -0.2) is 13.1 Å². The van der Waals surface area contributed by atoms with Crippen LogP contribution in [0.1, 0.15) is 19.5 Å². The van der Waals surface area contributed by atoms with Gasteiger partial charge in [0.2, 0.25) is 0 Å². The van der Waals surface area contributed by atoms with Crippen molar-refractivity contribution in [2.45, 2.75) is 24.3 Å². The number of hydrogen-bond acceptors (Lipinski definition) is 6. The fourth-order valence-electron chi connectivity index (χ4n) is 3.22. The summed E-state index contributed by atoms with van der Waals surface area (Å²) in [5.41, 5.74) is 0.961. The molecule has 0 aliphatic rings. The highest BCUT2D eigenvalue weighted by Gasteiger charge is 2.30. The molecule has 10 heteroatoms. The van der Waals surface area contributed by atoms with Crippen molar-refractivity contribution in [3.8, 4) is 26.7 Å². The Morgan fingerprint density at radius 2 is 1.81 bits per heavy atom. The predicted molar refractivity (Wildman–Crippen MR) is 128 cm³/mol. The Morgan fingerprint density at radius 3 is 2.47 bits per heavy atom. The highest BCUT2D eigenvalue weighted by molar-refractivity contribution is 7.90. The van der Waals surface area contributed by atoms with E-state index < -0.39 is 15.4 Å². The van der Waals surface area contributed by atoms with Crippen LogP contribution < -0.4 is 0 Å². The van der Waals surface area contributed by atoms with Gasteiger partial charge in [-0.15, -0.1) is 11.3 Å². The van der Waals surface area contributed by atoms with Crippen molar-refractivity contribution in [3.63, 3.8) is 0 Å². The maximum absolute atomic E-state index is 12.0. The maximum Gasteiger partial charge on any atom is 0.175 e. The lowest BCUT2D eigenvalue weighted by atomic mass is 10.1. The van der Waals surface area contributed by atoms with Crippen LogP contribution in [0.3, 0.4) is 0 Å². The van der Waals surface area contributed by atoms with Crippen molar-refractivity contribution in [1.29, 1.82) is 0 Å². The molecule has 3 heterocycles. The van der Waals surface area contributed by atoms with E-state index in [2.05, 4.69) is 10.1 Å². The molecule has 0 aliphatic carbocycles. The molecular weight excluding hydrogens is 489 g/mol. The number of aromatic nitrogens is 3. The Hall–Kier alpha value is -2.23. The van der Waals surface area contributed by atoms with E-state index in [0.717, 1.165) is 15.3 Å². The van der Waals surface area contributed by atoms with Gasteiger partial charge in [0.25, 0.3) is 0 Å². The minimum Gasteiger partial charge on any atom is -0.384 e. The van der Waals surface area contributed by atoms with Crippen LogP contribution in [0.5, 0.6) is 0 Å². The molecule has 32 heavy (non-hydrogen) atoms. The molecule has 6 nitrogen and oxygen atoms in total. The third-order valence-corrected chi connectivity index (χ3v) is 7.67. The molecule has 0 saturated heterocycles. The zero-order valence-electron chi connectivity index (χ0n) is 17.4. The van der Waals surface area contributed by atoms with E-state index >= 15 is 0 Å². The van der Waals surface area contributed by atoms with Gasteiger partial charge in [-0.05, 0) is 49.7 Å². The Balaban J connectivity index is 1.90. The van der Waals surface area contributed by atoms with Crippen molar-refractivity contribution >= 4 is 44.4 Å². The SMILES string of the molecule is CC(C)(O)c1nn(-c2ccncc2Cl)c(-c2ccc(-c3cccc(S(C)(=O)=O)c3)s2)c1Cl. The first-order valence-corrected chi connectivity index (χ1v) is 12.9. The van der Waals surface area contributed by atoms with E-state index in [-0.39, 0.29) is 4.90 Å². The molecule has 4 rings (SSSR count).